The number of likely N-dealkylation sites (tertiary alicyclic amines) is 1. The Kier molecular flexibility index (Phi) is 6.04. The van der Waals surface area contributed by atoms with Crippen LogP contribution in [0, 0.1) is 5.92 Å². The lowest BCUT2D eigenvalue weighted by atomic mass is 10.1. The molecule has 1 unspecified atom stereocenters. The summed E-state index contributed by atoms with van der Waals surface area (Å²) in [6.45, 7) is 2.55. The fourth-order valence-corrected chi connectivity index (χ4v) is 2.97. The molecule has 1 amide bonds. The van der Waals surface area contributed by atoms with Gasteiger partial charge in [0.15, 0.2) is 0 Å². The van der Waals surface area contributed by atoms with Gasteiger partial charge in [0.2, 0.25) is 0 Å². The number of nitrogens with one attached hydrogen (secondary N) is 2. The number of H-pyrrole nitrogens is 1. The van der Waals surface area contributed by atoms with Crippen molar-refractivity contribution in [3.63, 3.8) is 0 Å². The maximum Gasteiger partial charge on any atom is 0.271 e. The van der Waals surface area contributed by atoms with Crippen LogP contribution in [-0.2, 0) is 0 Å². The minimum absolute atomic E-state index is 0. The van der Waals surface area contributed by atoms with Crippen molar-refractivity contribution in [3.05, 3.63) is 41.0 Å². The summed E-state index contributed by atoms with van der Waals surface area (Å²) in [6, 6.07) is 9.22. The molecular formula is C16H20Cl2N4O. The van der Waals surface area contributed by atoms with E-state index in [0.717, 1.165) is 37.3 Å². The predicted molar refractivity (Wildman–Crippen MR) is 94.2 cm³/mol. The highest BCUT2D eigenvalue weighted by Crippen LogP contribution is 2.22. The molecule has 0 aliphatic carbocycles. The monoisotopic (exact) mass is 354 g/mol. The van der Waals surface area contributed by atoms with Gasteiger partial charge in [-0.1, -0.05) is 23.7 Å². The molecule has 23 heavy (non-hydrogen) atoms. The second kappa shape index (κ2) is 7.81. The third kappa shape index (κ3) is 4.05. The lowest BCUT2D eigenvalue weighted by molar-refractivity contribution is 0.0781. The minimum atomic E-state index is 0. The molecule has 0 radical (unpaired) electrons. The number of rotatable bonds is 4. The standard InChI is InChI=1S/C16H19ClN4O.ClH/c1-18-9-11-6-7-21(10-11)16(22)15-8-14(19-20-15)12-2-4-13(17)5-3-12;/h2-5,8,11,18H,6-7,9-10H2,1H3,(H,19,20);1H. The van der Waals surface area contributed by atoms with E-state index in [1.165, 1.54) is 0 Å². The van der Waals surface area contributed by atoms with Gasteiger partial charge in [-0.05, 0) is 44.1 Å². The molecule has 1 aromatic carbocycles. The number of aromatic nitrogens is 2. The summed E-state index contributed by atoms with van der Waals surface area (Å²) >= 11 is 5.89. The van der Waals surface area contributed by atoms with Gasteiger partial charge >= 0.3 is 0 Å². The van der Waals surface area contributed by atoms with E-state index in [0.29, 0.717) is 16.6 Å². The molecule has 0 saturated carbocycles. The first kappa shape index (κ1) is 17.8. The molecule has 1 atom stereocenters. The zero-order valence-electron chi connectivity index (χ0n) is 12.9. The number of nitrogens with zero attached hydrogens (tertiary/aromatic N) is 2. The van der Waals surface area contributed by atoms with Crippen molar-refractivity contribution in [2.75, 3.05) is 26.7 Å². The zero-order chi connectivity index (χ0) is 15.5. The van der Waals surface area contributed by atoms with E-state index in [2.05, 4.69) is 15.5 Å². The van der Waals surface area contributed by atoms with Gasteiger partial charge in [-0.25, -0.2) is 0 Å². The Hall–Kier alpha value is -1.56. The molecule has 5 nitrogen and oxygen atoms in total. The Morgan fingerprint density at radius 1 is 1.43 bits per heavy atom. The molecule has 3 rings (SSSR count). The average molecular weight is 355 g/mol. The Morgan fingerprint density at radius 2 is 2.17 bits per heavy atom. The number of amides is 1. The molecule has 0 spiro atoms. The van der Waals surface area contributed by atoms with Crippen molar-refractivity contribution in [2.45, 2.75) is 6.42 Å². The number of aromatic amines is 1. The first-order valence-corrected chi connectivity index (χ1v) is 7.80. The molecule has 1 aliphatic heterocycles. The molecule has 124 valence electrons. The van der Waals surface area contributed by atoms with Crippen LogP contribution >= 0.6 is 24.0 Å². The number of hydrogen-bond donors (Lipinski definition) is 2. The van der Waals surface area contributed by atoms with Gasteiger partial charge in [-0.2, -0.15) is 5.10 Å². The van der Waals surface area contributed by atoms with E-state index < -0.39 is 0 Å². The highest BCUT2D eigenvalue weighted by molar-refractivity contribution is 6.30. The summed E-state index contributed by atoms with van der Waals surface area (Å²) in [5.41, 5.74) is 2.23. The molecule has 7 heteroatoms. The largest absolute Gasteiger partial charge is 0.337 e. The smallest absolute Gasteiger partial charge is 0.271 e. The van der Waals surface area contributed by atoms with E-state index in [1.807, 2.05) is 36.2 Å². The summed E-state index contributed by atoms with van der Waals surface area (Å²) in [7, 11) is 1.94. The molecule has 2 aromatic rings. The van der Waals surface area contributed by atoms with Crippen LogP contribution in [0.4, 0.5) is 0 Å². The normalized spacial score (nSPS) is 17.1. The predicted octanol–water partition coefficient (Wildman–Crippen LogP) is 2.83. The topological polar surface area (TPSA) is 61.0 Å². The van der Waals surface area contributed by atoms with Gasteiger partial charge in [-0.3, -0.25) is 9.89 Å². The van der Waals surface area contributed by atoms with Crippen molar-refractivity contribution < 1.29 is 4.79 Å². The van der Waals surface area contributed by atoms with Gasteiger partial charge < -0.3 is 10.2 Å². The van der Waals surface area contributed by atoms with Gasteiger partial charge in [0, 0.05) is 23.7 Å². The fourth-order valence-electron chi connectivity index (χ4n) is 2.84. The van der Waals surface area contributed by atoms with Crippen LogP contribution in [0.25, 0.3) is 11.3 Å². The van der Waals surface area contributed by atoms with Crippen molar-refractivity contribution >= 4 is 29.9 Å². The number of carbonyl (C=O) groups is 1. The first-order valence-electron chi connectivity index (χ1n) is 7.42. The maximum absolute atomic E-state index is 12.5. The molecule has 2 heterocycles. The SMILES string of the molecule is CNCC1CCN(C(=O)c2cc(-c3ccc(Cl)cc3)n[nH]2)C1.Cl. The fraction of sp³-hybridized carbons (Fsp3) is 0.375. The van der Waals surface area contributed by atoms with Crippen LogP contribution in [0.5, 0.6) is 0 Å². The lowest BCUT2D eigenvalue weighted by Gasteiger charge is -2.15. The molecule has 1 aromatic heterocycles. The summed E-state index contributed by atoms with van der Waals surface area (Å²) in [5.74, 6) is 0.555. The van der Waals surface area contributed by atoms with E-state index in [1.54, 1.807) is 6.07 Å². The summed E-state index contributed by atoms with van der Waals surface area (Å²) in [4.78, 5) is 14.4. The molecule has 0 bridgehead atoms. The average Bonchev–Trinajstić information content (AvgIpc) is 3.17. The van der Waals surface area contributed by atoms with E-state index in [-0.39, 0.29) is 18.3 Å². The van der Waals surface area contributed by atoms with Crippen LogP contribution in [-0.4, -0.2) is 47.7 Å². The van der Waals surface area contributed by atoms with Crippen LogP contribution in [0.2, 0.25) is 5.02 Å². The van der Waals surface area contributed by atoms with Crippen LogP contribution in [0.3, 0.4) is 0 Å². The number of hydrogen-bond acceptors (Lipinski definition) is 3. The van der Waals surface area contributed by atoms with Crippen LogP contribution < -0.4 is 5.32 Å². The number of halogens is 2. The van der Waals surface area contributed by atoms with Crippen molar-refractivity contribution in [1.82, 2.24) is 20.4 Å². The number of carbonyl (C=O) groups excluding carboxylic acids is 1. The quantitative estimate of drug-likeness (QED) is 0.887. The second-order valence-corrected chi connectivity index (χ2v) is 6.07. The Balaban J connectivity index is 0.00000192. The summed E-state index contributed by atoms with van der Waals surface area (Å²) < 4.78 is 0. The summed E-state index contributed by atoms with van der Waals surface area (Å²) in [5, 5.41) is 10.9. The highest BCUT2D eigenvalue weighted by Gasteiger charge is 2.27. The lowest BCUT2D eigenvalue weighted by Crippen LogP contribution is -2.30. The molecular weight excluding hydrogens is 335 g/mol. The van der Waals surface area contributed by atoms with Gasteiger partial charge in [0.05, 0.1) is 5.69 Å². The van der Waals surface area contributed by atoms with Crippen molar-refractivity contribution in [1.29, 1.82) is 0 Å². The number of benzene rings is 1. The van der Waals surface area contributed by atoms with Gasteiger partial charge in [-0.15, -0.1) is 12.4 Å². The minimum Gasteiger partial charge on any atom is -0.337 e. The van der Waals surface area contributed by atoms with Gasteiger partial charge in [0.1, 0.15) is 5.69 Å². The summed E-state index contributed by atoms with van der Waals surface area (Å²) in [6.07, 6.45) is 1.05. The second-order valence-electron chi connectivity index (χ2n) is 5.64. The van der Waals surface area contributed by atoms with Crippen molar-refractivity contribution in [3.8, 4) is 11.3 Å². The van der Waals surface area contributed by atoms with Crippen LogP contribution in [0.1, 0.15) is 16.9 Å². The molecule has 1 fully saturated rings. The molecule has 2 N–H and O–H groups in total. The Labute approximate surface area is 146 Å². The molecule has 1 saturated heterocycles. The zero-order valence-corrected chi connectivity index (χ0v) is 14.5. The van der Waals surface area contributed by atoms with E-state index in [9.17, 15) is 4.79 Å². The molecule has 1 aliphatic rings. The van der Waals surface area contributed by atoms with Gasteiger partial charge in [0.25, 0.3) is 5.91 Å². The van der Waals surface area contributed by atoms with Crippen molar-refractivity contribution in [2.24, 2.45) is 5.92 Å². The Morgan fingerprint density at radius 3 is 2.87 bits per heavy atom. The van der Waals surface area contributed by atoms with E-state index >= 15 is 0 Å². The third-order valence-corrected chi connectivity index (χ3v) is 4.27. The maximum atomic E-state index is 12.5. The van der Waals surface area contributed by atoms with Crippen LogP contribution in [0.15, 0.2) is 30.3 Å². The first-order chi connectivity index (χ1) is 10.7. The van der Waals surface area contributed by atoms with E-state index in [4.69, 9.17) is 11.6 Å². The highest BCUT2D eigenvalue weighted by atomic mass is 35.5. The third-order valence-electron chi connectivity index (χ3n) is 4.01. The Bertz CT molecular complexity index is 656.